The summed E-state index contributed by atoms with van der Waals surface area (Å²) in [5.74, 6) is -1.66. The number of nitrogens with zero attached hydrogens (tertiary/aromatic N) is 2. The Balaban J connectivity index is 1.51. The number of carbonyl (C=O) groups is 2. The summed E-state index contributed by atoms with van der Waals surface area (Å²) in [6, 6.07) is 14.4. The predicted molar refractivity (Wildman–Crippen MR) is 98.2 cm³/mol. The van der Waals surface area contributed by atoms with Crippen LogP contribution < -0.4 is 10.2 Å². The van der Waals surface area contributed by atoms with Gasteiger partial charge < -0.3 is 15.1 Å². The highest BCUT2D eigenvalue weighted by Crippen LogP contribution is 2.17. The number of aryl methyl sites for hydroxylation is 1. The van der Waals surface area contributed by atoms with E-state index in [1.54, 1.807) is 23.1 Å². The number of benzene rings is 2. The summed E-state index contributed by atoms with van der Waals surface area (Å²) in [5.41, 5.74) is 2.67. The molecule has 0 radical (unpaired) electrons. The Kier molecular flexibility index (Phi) is 5.51. The minimum absolute atomic E-state index is 0.000500. The third-order valence-electron chi connectivity index (χ3n) is 4.53. The monoisotopic (exact) mass is 355 g/mol. The zero-order valence-electron chi connectivity index (χ0n) is 14.7. The Hall–Kier alpha value is -2.89. The fourth-order valence-corrected chi connectivity index (χ4v) is 3.03. The summed E-state index contributed by atoms with van der Waals surface area (Å²) in [4.78, 5) is 28.1. The summed E-state index contributed by atoms with van der Waals surface area (Å²) in [5, 5.41) is 2.50. The highest BCUT2D eigenvalue weighted by molar-refractivity contribution is 6.35. The van der Waals surface area contributed by atoms with E-state index in [1.807, 2.05) is 25.1 Å². The van der Waals surface area contributed by atoms with Crippen LogP contribution in [0.4, 0.5) is 10.1 Å². The molecule has 0 atom stereocenters. The van der Waals surface area contributed by atoms with E-state index in [2.05, 4.69) is 16.3 Å². The third kappa shape index (κ3) is 4.20. The lowest BCUT2D eigenvalue weighted by molar-refractivity contribution is -0.146. The van der Waals surface area contributed by atoms with Crippen LogP contribution in [0, 0.1) is 12.7 Å². The number of carbonyl (C=O) groups excluding carboxylic acids is 2. The van der Waals surface area contributed by atoms with Crippen LogP contribution in [0.5, 0.6) is 0 Å². The Morgan fingerprint density at radius 3 is 2.46 bits per heavy atom. The summed E-state index contributed by atoms with van der Waals surface area (Å²) >= 11 is 0. The molecule has 2 amide bonds. The summed E-state index contributed by atoms with van der Waals surface area (Å²) in [6.45, 7) is 4.37. The van der Waals surface area contributed by atoms with Crippen molar-refractivity contribution in [3.63, 3.8) is 0 Å². The molecule has 0 aromatic heterocycles. The SMILES string of the molecule is Cc1cccc(N2CCN(C(=O)C(=O)NCc3ccccc3F)CC2)c1. The molecule has 2 aromatic rings. The number of amides is 2. The maximum atomic E-state index is 13.6. The lowest BCUT2D eigenvalue weighted by Gasteiger charge is -2.35. The van der Waals surface area contributed by atoms with Gasteiger partial charge in [-0.05, 0) is 30.7 Å². The molecule has 6 heteroatoms. The molecule has 2 aromatic carbocycles. The molecule has 5 nitrogen and oxygen atoms in total. The first-order chi connectivity index (χ1) is 12.5. The van der Waals surface area contributed by atoms with E-state index in [9.17, 15) is 14.0 Å². The van der Waals surface area contributed by atoms with Crippen molar-refractivity contribution in [2.24, 2.45) is 0 Å². The van der Waals surface area contributed by atoms with E-state index in [0.717, 1.165) is 5.69 Å². The zero-order chi connectivity index (χ0) is 18.5. The van der Waals surface area contributed by atoms with E-state index in [0.29, 0.717) is 31.7 Å². The van der Waals surface area contributed by atoms with Crippen LogP contribution in [0.1, 0.15) is 11.1 Å². The average molecular weight is 355 g/mol. The first-order valence-electron chi connectivity index (χ1n) is 8.67. The number of hydrogen-bond donors (Lipinski definition) is 1. The van der Waals surface area contributed by atoms with Crippen molar-refractivity contribution in [1.29, 1.82) is 0 Å². The molecule has 26 heavy (non-hydrogen) atoms. The van der Waals surface area contributed by atoms with Gasteiger partial charge >= 0.3 is 11.8 Å². The second-order valence-electron chi connectivity index (χ2n) is 6.39. The molecule has 3 rings (SSSR count). The Morgan fingerprint density at radius 1 is 1.04 bits per heavy atom. The summed E-state index contributed by atoms with van der Waals surface area (Å²) in [6.07, 6.45) is 0. The molecule has 1 fully saturated rings. The van der Waals surface area contributed by atoms with Gasteiger partial charge in [0, 0.05) is 44.0 Å². The lowest BCUT2D eigenvalue weighted by atomic mass is 10.2. The van der Waals surface area contributed by atoms with Gasteiger partial charge in [-0.2, -0.15) is 0 Å². The van der Waals surface area contributed by atoms with E-state index in [4.69, 9.17) is 0 Å². The number of halogens is 1. The predicted octanol–water partition coefficient (Wildman–Crippen LogP) is 2.10. The van der Waals surface area contributed by atoms with Crippen molar-refractivity contribution in [3.05, 3.63) is 65.5 Å². The largest absolute Gasteiger partial charge is 0.368 e. The highest BCUT2D eigenvalue weighted by atomic mass is 19.1. The van der Waals surface area contributed by atoms with Gasteiger partial charge in [0.25, 0.3) is 0 Å². The number of nitrogens with one attached hydrogen (secondary N) is 1. The topological polar surface area (TPSA) is 52.7 Å². The molecule has 1 aliphatic rings. The maximum absolute atomic E-state index is 13.6. The molecule has 0 bridgehead atoms. The van der Waals surface area contributed by atoms with E-state index >= 15 is 0 Å². The maximum Gasteiger partial charge on any atom is 0.312 e. The molecule has 1 aliphatic heterocycles. The van der Waals surface area contributed by atoms with Crippen LogP contribution >= 0.6 is 0 Å². The Labute approximate surface area is 152 Å². The molecular formula is C20H22FN3O2. The van der Waals surface area contributed by atoms with Gasteiger partial charge in [0.05, 0.1) is 0 Å². The van der Waals surface area contributed by atoms with Gasteiger partial charge in [-0.3, -0.25) is 9.59 Å². The van der Waals surface area contributed by atoms with E-state index < -0.39 is 17.6 Å². The fourth-order valence-electron chi connectivity index (χ4n) is 3.03. The van der Waals surface area contributed by atoms with Crippen LogP contribution in [-0.2, 0) is 16.1 Å². The molecular weight excluding hydrogens is 333 g/mol. The van der Waals surface area contributed by atoms with Crippen molar-refractivity contribution in [1.82, 2.24) is 10.2 Å². The molecule has 1 saturated heterocycles. The van der Waals surface area contributed by atoms with Crippen molar-refractivity contribution >= 4 is 17.5 Å². The summed E-state index contributed by atoms with van der Waals surface area (Å²) < 4.78 is 13.6. The quantitative estimate of drug-likeness (QED) is 0.858. The van der Waals surface area contributed by atoms with Gasteiger partial charge in [0.1, 0.15) is 5.82 Å². The molecule has 0 spiro atoms. The lowest BCUT2D eigenvalue weighted by Crippen LogP contribution is -2.52. The minimum Gasteiger partial charge on any atom is -0.368 e. The van der Waals surface area contributed by atoms with Gasteiger partial charge in [0.2, 0.25) is 0 Å². The number of piperazine rings is 1. The Bertz CT molecular complexity index is 801. The van der Waals surface area contributed by atoms with Crippen molar-refractivity contribution in [2.75, 3.05) is 31.1 Å². The summed E-state index contributed by atoms with van der Waals surface area (Å²) in [7, 11) is 0. The Morgan fingerprint density at radius 2 is 1.77 bits per heavy atom. The van der Waals surface area contributed by atoms with Crippen molar-refractivity contribution < 1.29 is 14.0 Å². The van der Waals surface area contributed by atoms with Crippen molar-refractivity contribution in [2.45, 2.75) is 13.5 Å². The first-order valence-corrected chi connectivity index (χ1v) is 8.67. The minimum atomic E-state index is -0.697. The molecule has 1 heterocycles. The number of rotatable bonds is 3. The van der Waals surface area contributed by atoms with Crippen LogP contribution in [0.25, 0.3) is 0 Å². The van der Waals surface area contributed by atoms with E-state index in [-0.39, 0.29) is 6.54 Å². The first kappa shape index (κ1) is 17.9. The zero-order valence-corrected chi connectivity index (χ0v) is 14.7. The van der Waals surface area contributed by atoms with Crippen LogP contribution in [0.3, 0.4) is 0 Å². The van der Waals surface area contributed by atoms with Crippen LogP contribution in [0.15, 0.2) is 48.5 Å². The fraction of sp³-hybridized carbons (Fsp3) is 0.300. The molecule has 0 aliphatic carbocycles. The molecule has 0 saturated carbocycles. The molecule has 136 valence electrons. The highest BCUT2D eigenvalue weighted by Gasteiger charge is 2.26. The third-order valence-corrected chi connectivity index (χ3v) is 4.53. The van der Waals surface area contributed by atoms with Gasteiger partial charge in [-0.1, -0.05) is 30.3 Å². The van der Waals surface area contributed by atoms with Gasteiger partial charge in [-0.15, -0.1) is 0 Å². The van der Waals surface area contributed by atoms with Crippen LogP contribution in [-0.4, -0.2) is 42.9 Å². The van der Waals surface area contributed by atoms with E-state index in [1.165, 1.54) is 11.6 Å². The average Bonchev–Trinajstić information content (AvgIpc) is 2.66. The number of hydrogen-bond acceptors (Lipinski definition) is 3. The van der Waals surface area contributed by atoms with Crippen molar-refractivity contribution in [3.8, 4) is 0 Å². The number of anilines is 1. The molecule has 0 unspecified atom stereocenters. The second kappa shape index (κ2) is 7.99. The molecule has 1 N–H and O–H groups in total. The van der Waals surface area contributed by atoms with Gasteiger partial charge in [-0.25, -0.2) is 4.39 Å². The van der Waals surface area contributed by atoms with Crippen LogP contribution in [0.2, 0.25) is 0 Å². The smallest absolute Gasteiger partial charge is 0.312 e. The normalized spacial score (nSPS) is 14.2. The second-order valence-corrected chi connectivity index (χ2v) is 6.39. The standard InChI is InChI=1S/C20H22FN3O2/c1-15-5-4-7-17(13-15)23-9-11-24(12-10-23)20(26)19(25)22-14-16-6-2-3-8-18(16)21/h2-8,13H,9-12,14H2,1H3,(H,22,25). The van der Waals surface area contributed by atoms with Gasteiger partial charge in [0.15, 0.2) is 0 Å².